The normalized spacial score (nSPS) is 33.6. The smallest absolute Gasteiger partial charge is 0.157 e. The molecular weight excluding hydrogens is 512 g/mol. The van der Waals surface area contributed by atoms with Crippen LogP contribution in [0.2, 0.25) is 0 Å². The molecule has 1 aromatic rings. The van der Waals surface area contributed by atoms with Crippen LogP contribution in [0.3, 0.4) is 0 Å². The van der Waals surface area contributed by atoms with Crippen LogP contribution >= 0.6 is 31.9 Å². The first kappa shape index (κ1) is 23.4. The molecular formula is C19H28Br2N2O6. The van der Waals surface area contributed by atoms with Gasteiger partial charge in [-0.15, -0.1) is 0 Å². The topological polar surface area (TPSA) is 134 Å². The molecule has 0 bridgehead atoms. The quantitative estimate of drug-likeness (QED) is 0.271. The number of anilines is 1. The van der Waals surface area contributed by atoms with Crippen molar-refractivity contribution in [2.75, 3.05) is 11.9 Å². The van der Waals surface area contributed by atoms with Gasteiger partial charge in [-0.05, 0) is 59.3 Å². The summed E-state index contributed by atoms with van der Waals surface area (Å²) >= 11 is 7.02. The van der Waals surface area contributed by atoms with E-state index in [4.69, 9.17) is 9.84 Å². The Hall–Kier alpha value is -0.300. The molecule has 5 atom stereocenters. The highest BCUT2D eigenvalue weighted by Gasteiger charge is 2.46. The third-order valence-corrected chi connectivity index (χ3v) is 6.65. The maximum absolute atomic E-state index is 10.3. The van der Waals surface area contributed by atoms with E-state index in [1.807, 2.05) is 12.1 Å². The third-order valence-electron chi connectivity index (χ3n) is 5.57. The van der Waals surface area contributed by atoms with Crippen molar-refractivity contribution in [1.82, 2.24) is 5.32 Å². The van der Waals surface area contributed by atoms with Gasteiger partial charge in [0.05, 0.1) is 18.4 Å². The van der Waals surface area contributed by atoms with Crippen LogP contribution in [-0.4, -0.2) is 74.9 Å². The van der Waals surface area contributed by atoms with Gasteiger partial charge in [0.2, 0.25) is 0 Å². The van der Waals surface area contributed by atoms with E-state index in [0.717, 1.165) is 40.2 Å². The van der Waals surface area contributed by atoms with E-state index in [1.165, 1.54) is 0 Å². The molecule has 1 heterocycles. The average molecular weight is 540 g/mol. The monoisotopic (exact) mass is 538 g/mol. The Morgan fingerprint density at radius 2 is 1.76 bits per heavy atom. The lowest BCUT2D eigenvalue weighted by Crippen LogP contribution is -2.40. The van der Waals surface area contributed by atoms with Gasteiger partial charge in [0, 0.05) is 21.5 Å². The molecule has 0 spiro atoms. The number of rotatable bonds is 7. The number of nitrogens with one attached hydrogen (secondary N) is 2. The highest BCUT2D eigenvalue weighted by Crippen LogP contribution is 2.34. The summed E-state index contributed by atoms with van der Waals surface area (Å²) in [5.74, 6) is 0. The van der Waals surface area contributed by atoms with Crippen LogP contribution < -0.4 is 10.6 Å². The van der Waals surface area contributed by atoms with Crippen molar-refractivity contribution in [3.63, 3.8) is 0 Å². The summed E-state index contributed by atoms with van der Waals surface area (Å²) in [4.78, 5) is 0. The van der Waals surface area contributed by atoms with E-state index >= 15 is 0 Å². The lowest BCUT2D eigenvalue weighted by atomic mass is 9.93. The van der Waals surface area contributed by atoms with Crippen molar-refractivity contribution in [3.05, 3.63) is 26.6 Å². The number of benzene rings is 1. The molecule has 1 unspecified atom stereocenters. The minimum atomic E-state index is -1.32. The zero-order valence-electron chi connectivity index (χ0n) is 15.8. The van der Waals surface area contributed by atoms with Gasteiger partial charge in [0.1, 0.15) is 24.4 Å². The minimum absolute atomic E-state index is 0.208. The van der Waals surface area contributed by atoms with E-state index in [-0.39, 0.29) is 6.10 Å². The molecule has 1 aliphatic heterocycles. The van der Waals surface area contributed by atoms with Gasteiger partial charge in [-0.1, -0.05) is 15.9 Å². The molecule has 29 heavy (non-hydrogen) atoms. The van der Waals surface area contributed by atoms with Gasteiger partial charge in [0.15, 0.2) is 6.23 Å². The van der Waals surface area contributed by atoms with Crippen LogP contribution in [0.15, 0.2) is 21.1 Å². The molecule has 164 valence electrons. The zero-order valence-corrected chi connectivity index (χ0v) is 19.0. The fourth-order valence-corrected chi connectivity index (χ4v) is 5.28. The Labute approximate surface area is 186 Å². The van der Waals surface area contributed by atoms with Crippen LogP contribution in [0.5, 0.6) is 0 Å². The summed E-state index contributed by atoms with van der Waals surface area (Å²) in [5.41, 5.74) is 1.63. The zero-order chi connectivity index (χ0) is 21.1. The third kappa shape index (κ3) is 5.69. The number of aliphatic hydroxyl groups excluding tert-OH is 5. The molecule has 0 aromatic heterocycles. The fourth-order valence-electron chi connectivity index (χ4n) is 3.85. The first-order valence-electron chi connectivity index (χ1n) is 9.76. The van der Waals surface area contributed by atoms with Crippen molar-refractivity contribution < 1.29 is 30.3 Å². The predicted molar refractivity (Wildman–Crippen MR) is 114 cm³/mol. The highest BCUT2D eigenvalue weighted by molar-refractivity contribution is 9.11. The molecule has 0 amide bonds. The summed E-state index contributed by atoms with van der Waals surface area (Å²) in [6.07, 6.45) is -2.71. The molecule has 0 radical (unpaired) electrons. The van der Waals surface area contributed by atoms with E-state index in [2.05, 4.69) is 42.5 Å². The van der Waals surface area contributed by atoms with Crippen LogP contribution in [0.4, 0.5) is 5.69 Å². The molecule has 8 nitrogen and oxygen atoms in total. The Bertz CT molecular complexity index is 689. The standard InChI is InChI=1S/C19H28Br2N2O6/c20-10-5-9(7-22-11-1-3-12(25)4-2-11)15(13(21)6-10)23-19-17(28)16(27)18(29-19)14(26)8-24/h5-6,11-12,14,16-19,22-28H,1-4,7-8H2/t11?,12?,14-,16-,17-,18-,19?/m1/s1. The first-order valence-corrected chi connectivity index (χ1v) is 11.3. The Kier molecular flexibility index (Phi) is 8.33. The number of halogens is 2. The summed E-state index contributed by atoms with van der Waals surface area (Å²) in [5, 5.41) is 55.7. The molecule has 1 saturated heterocycles. The van der Waals surface area contributed by atoms with Gasteiger partial charge in [-0.3, -0.25) is 0 Å². The summed E-state index contributed by atoms with van der Waals surface area (Å²) in [6, 6.07) is 4.14. The lowest BCUT2D eigenvalue weighted by molar-refractivity contribution is -0.0774. The second-order valence-corrected chi connectivity index (χ2v) is 9.47. The Morgan fingerprint density at radius 3 is 2.41 bits per heavy atom. The van der Waals surface area contributed by atoms with Crippen molar-refractivity contribution in [1.29, 1.82) is 0 Å². The van der Waals surface area contributed by atoms with E-state index in [1.54, 1.807) is 0 Å². The number of hydrogen-bond acceptors (Lipinski definition) is 8. The summed E-state index contributed by atoms with van der Waals surface area (Å²) in [6.45, 7) is -0.0103. The van der Waals surface area contributed by atoms with E-state index in [9.17, 15) is 20.4 Å². The Morgan fingerprint density at radius 1 is 1.07 bits per heavy atom. The Balaban J connectivity index is 1.71. The van der Waals surface area contributed by atoms with Crippen LogP contribution in [0.25, 0.3) is 0 Å². The molecule has 2 aliphatic rings. The molecule has 7 N–H and O–H groups in total. The average Bonchev–Trinajstić information content (AvgIpc) is 2.97. The molecule has 3 rings (SSSR count). The maximum atomic E-state index is 10.3. The first-order chi connectivity index (χ1) is 13.8. The van der Waals surface area contributed by atoms with E-state index < -0.39 is 37.3 Å². The molecule has 1 aromatic carbocycles. The number of hydrogen-bond donors (Lipinski definition) is 7. The second kappa shape index (κ2) is 10.3. The number of aliphatic hydroxyl groups is 5. The maximum Gasteiger partial charge on any atom is 0.157 e. The summed E-state index contributed by atoms with van der Waals surface area (Å²) in [7, 11) is 0. The highest BCUT2D eigenvalue weighted by atomic mass is 79.9. The van der Waals surface area contributed by atoms with Gasteiger partial charge in [-0.25, -0.2) is 0 Å². The van der Waals surface area contributed by atoms with Crippen LogP contribution in [0.1, 0.15) is 31.2 Å². The lowest BCUT2D eigenvalue weighted by Gasteiger charge is -2.27. The van der Waals surface area contributed by atoms with E-state index in [0.29, 0.717) is 18.3 Å². The predicted octanol–water partition coefficient (Wildman–Crippen LogP) is 0.816. The van der Waals surface area contributed by atoms with Gasteiger partial charge >= 0.3 is 0 Å². The van der Waals surface area contributed by atoms with Crippen molar-refractivity contribution in [2.45, 2.75) is 75.0 Å². The van der Waals surface area contributed by atoms with Crippen molar-refractivity contribution in [2.24, 2.45) is 0 Å². The van der Waals surface area contributed by atoms with Crippen molar-refractivity contribution in [3.8, 4) is 0 Å². The van der Waals surface area contributed by atoms with Crippen molar-refractivity contribution >= 4 is 37.5 Å². The second-order valence-electron chi connectivity index (χ2n) is 7.70. The van der Waals surface area contributed by atoms with Gasteiger partial charge in [0.25, 0.3) is 0 Å². The van der Waals surface area contributed by atoms with Gasteiger partial charge in [-0.2, -0.15) is 0 Å². The largest absolute Gasteiger partial charge is 0.394 e. The van der Waals surface area contributed by atoms with Crippen LogP contribution in [0, 0.1) is 0 Å². The SMILES string of the molecule is OC[C@@H](O)[C@H]1OC(Nc2c(Br)cc(Br)cc2CNC2CCC(O)CC2)[C@H](O)[C@H]1O. The molecule has 1 aliphatic carbocycles. The molecule has 10 heteroatoms. The minimum Gasteiger partial charge on any atom is -0.394 e. The van der Waals surface area contributed by atoms with Crippen LogP contribution in [-0.2, 0) is 11.3 Å². The molecule has 1 saturated carbocycles. The van der Waals surface area contributed by atoms with Gasteiger partial charge < -0.3 is 40.9 Å². The molecule has 2 fully saturated rings. The summed E-state index contributed by atoms with van der Waals surface area (Å²) < 4.78 is 7.22. The number of ether oxygens (including phenoxy) is 1. The fraction of sp³-hybridized carbons (Fsp3) is 0.684.